The van der Waals surface area contributed by atoms with Crippen molar-refractivity contribution in [3.05, 3.63) is 11.6 Å². The van der Waals surface area contributed by atoms with Gasteiger partial charge in [0.05, 0.1) is 40.9 Å². The number of rotatable bonds is 6. The number of nitrogens with one attached hydrogen (secondary N) is 1. The fourth-order valence-corrected chi connectivity index (χ4v) is 14.2. The lowest BCUT2D eigenvalue weighted by molar-refractivity contribution is -0.227. The smallest absolute Gasteiger partial charge is 0.240 e. The summed E-state index contributed by atoms with van der Waals surface area (Å²) in [6.45, 7) is 5.26. The molecule has 12 nitrogen and oxygen atoms in total. The molecule has 12 heteroatoms. The first-order valence-electron chi connectivity index (χ1n) is 20.8. The molecule has 10 rings (SSSR count). The molecule has 2 spiro atoms. The molecule has 0 aromatic rings. The van der Waals surface area contributed by atoms with Crippen molar-refractivity contribution in [3.63, 3.8) is 0 Å². The van der Waals surface area contributed by atoms with Crippen molar-refractivity contribution in [1.82, 2.24) is 10.2 Å². The second-order valence-corrected chi connectivity index (χ2v) is 19.0. The molecule has 5 aliphatic carbocycles. The van der Waals surface area contributed by atoms with Crippen molar-refractivity contribution in [1.29, 1.82) is 0 Å². The largest absolute Gasteiger partial charge is 0.396 e. The first-order valence-corrected chi connectivity index (χ1v) is 20.8. The number of carbonyl (C=O) groups is 2. The lowest BCUT2D eigenvalue weighted by atomic mass is 9.34. The summed E-state index contributed by atoms with van der Waals surface area (Å²) >= 11 is 0. The standard InChI is InChI=1S/C42H60N2O10/c1-38-13-9-25(53-16-6-15-52-3)17-28(38)30(46)19-32-41(38)12-5-8-24-21-44(24)37(49)29-18-26-27(22-45)33(54-34(26)36(48)43-29)35(47)39(2,50)31-10-14-42(32,51)40(31)11-4-7-23(41)20-40/h19,23-29,31,33-36,43,45,47-48,50-51H,4,6-11,13-18,20-22H2,1-3H3/t23-,24-,25-,26+,27+,28-,29+,31+,33-,34-,35+,36+,38-,39-,40+,41+,42+,44?/m0/s1. The number of piperidine rings is 1. The summed E-state index contributed by atoms with van der Waals surface area (Å²) in [4.78, 5) is 30.2. The van der Waals surface area contributed by atoms with E-state index < -0.39 is 75.8 Å². The topological polar surface area (TPSA) is 178 Å². The minimum atomic E-state index is -1.75. The van der Waals surface area contributed by atoms with Crippen molar-refractivity contribution in [2.45, 2.75) is 145 Å². The van der Waals surface area contributed by atoms with Crippen LogP contribution >= 0.6 is 0 Å². The number of methoxy groups -OCH3 is 1. The van der Waals surface area contributed by atoms with E-state index in [0.29, 0.717) is 70.3 Å². The van der Waals surface area contributed by atoms with Gasteiger partial charge in [-0.25, -0.2) is 0 Å². The monoisotopic (exact) mass is 752 g/mol. The van der Waals surface area contributed by atoms with Crippen molar-refractivity contribution < 1.29 is 49.3 Å². The van der Waals surface area contributed by atoms with Crippen LogP contribution in [0.5, 0.6) is 0 Å². The highest BCUT2D eigenvalue weighted by atomic mass is 16.5. The second kappa shape index (κ2) is 13.0. The Bertz CT molecular complexity index is 1640. The SMILES string of the molecule is COCCCO[C@H]1CC[C@@]2(C)[C@@H](C1)C(=O)C=C1[C@]3(O)CC[C@@H]4[C@](C)(O)[C@H](O)[C@H]5O[C@H]6[C@H](C[C@@H](N[C@@H]6O)C(=O)N6C[C@@H]6CC#C[C@@]12[C@H]1CCC[C@@]43C1)[C@H]5CO. The van der Waals surface area contributed by atoms with Gasteiger partial charge in [0.25, 0.3) is 0 Å². The first kappa shape index (κ1) is 37.6. The molecule has 0 unspecified atom stereocenters. The lowest BCUT2D eigenvalue weighted by Gasteiger charge is -2.69. The van der Waals surface area contributed by atoms with Gasteiger partial charge in [-0.3, -0.25) is 14.9 Å². The molecule has 7 fully saturated rings. The maximum atomic E-state index is 14.6. The molecule has 3 saturated heterocycles. The van der Waals surface area contributed by atoms with Crippen LogP contribution in [0.15, 0.2) is 11.6 Å². The van der Waals surface area contributed by atoms with Gasteiger partial charge >= 0.3 is 0 Å². The van der Waals surface area contributed by atoms with E-state index in [4.69, 9.17) is 14.2 Å². The fraction of sp³-hybridized carbons (Fsp3) is 0.857. The van der Waals surface area contributed by atoms with E-state index in [9.17, 15) is 35.1 Å². The van der Waals surface area contributed by atoms with E-state index in [1.165, 1.54) is 0 Å². The average Bonchev–Trinajstić information content (AvgIpc) is 3.73. The van der Waals surface area contributed by atoms with Crippen molar-refractivity contribution in [2.24, 2.45) is 45.8 Å². The summed E-state index contributed by atoms with van der Waals surface area (Å²) in [6, 6.07) is -0.768. The molecule has 5 heterocycles. The highest BCUT2D eigenvalue weighted by molar-refractivity contribution is 5.96. The van der Waals surface area contributed by atoms with Crippen molar-refractivity contribution >= 4 is 11.7 Å². The number of ketones is 1. The van der Waals surface area contributed by atoms with Crippen LogP contribution in [-0.2, 0) is 23.8 Å². The molecule has 6 N–H and O–H groups in total. The second-order valence-electron chi connectivity index (χ2n) is 19.0. The maximum absolute atomic E-state index is 14.6. The maximum Gasteiger partial charge on any atom is 0.240 e. The summed E-state index contributed by atoms with van der Waals surface area (Å²) in [6.07, 6.45) is 4.64. The fourth-order valence-electron chi connectivity index (χ4n) is 14.2. The Kier molecular flexibility index (Phi) is 9.10. The van der Waals surface area contributed by atoms with Gasteiger partial charge in [0.1, 0.15) is 18.4 Å². The summed E-state index contributed by atoms with van der Waals surface area (Å²) in [7, 11) is 1.68. The Labute approximate surface area is 318 Å². The van der Waals surface area contributed by atoms with Gasteiger partial charge in [-0.05, 0) is 106 Å². The summed E-state index contributed by atoms with van der Waals surface area (Å²) in [5.41, 5.74) is -4.68. The van der Waals surface area contributed by atoms with Gasteiger partial charge in [-0.15, -0.1) is 5.92 Å². The summed E-state index contributed by atoms with van der Waals surface area (Å²) < 4.78 is 17.9. The van der Waals surface area contributed by atoms with Crippen LogP contribution in [0, 0.1) is 57.7 Å². The third kappa shape index (κ3) is 5.02. The highest BCUT2D eigenvalue weighted by Crippen LogP contribution is 2.77. The molecule has 0 aromatic heterocycles. The van der Waals surface area contributed by atoms with Gasteiger partial charge in [0.15, 0.2) is 5.78 Å². The molecule has 54 heavy (non-hydrogen) atoms. The first-order chi connectivity index (χ1) is 25.8. The van der Waals surface area contributed by atoms with Gasteiger partial charge in [-0.1, -0.05) is 19.3 Å². The highest BCUT2D eigenvalue weighted by Gasteiger charge is 2.78. The van der Waals surface area contributed by atoms with Crippen molar-refractivity contribution in [2.75, 3.05) is 33.5 Å². The van der Waals surface area contributed by atoms with Crippen LogP contribution in [0.25, 0.3) is 0 Å². The van der Waals surface area contributed by atoms with E-state index in [2.05, 4.69) is 24.1 Å². The lowest BCUT2D eigenvalue weighted by Crippen LogP contribution is -2.70. The Morgan fingerprint density at radius 2 is 1.87 bits per heavy atom. The number of hydrogen-bond acceptors (Lipinski definition) is 11. The number of allylic oxidation sites excluding steroid dienone is 1. The molecule has 17 atom stereocenters. The van der Waals surface area contributed by atoms with Gasteiger partial charge < -0.3 is 44.6 Å². The Hall–Kier alpha value is -1.92. The van der Waals surface area contributed by atoms with E-state index >= 15 is 0 Å². The minimum Gasteiger partial charge on any atom is -0.396 e. The van der Waals surface area contributed by atoms with Crippen LogP contribution in [0.1, 0.15) is 90.9 Å². The van der Waals surface area contributed by atoms with E-state index in [0.717, 1.165) is 32.1 Å². The molecule has 5 aliphatic heterocycles. The van der Waals surface area contributed by atoms with E-state index in [-0.39, 0.29) is 42.3 Å². The summed E-state index contributed by atoms with van der Waals surface area (Å²) in [5.74, 6) is 5.41. The number of aliphatic hydroxyl groups is 5. The third-order valence-electron chi connectivity index (χ3n) is 16.8. The Balaban J connectivity index is 1.16. The molecule has 298 valence electrons. The molecular formula is C42H60N2O10. The number of amides is 1. The number of hydrogen-bond donors (Lipinski definition) is 6. The number of carbonyl (C=O) groups excluding carboxylic acids is 2. The number of ether oxygens (including phenoxy) is 3. The predicted molar refractivity (Wildman–Crippen MR) is 194 cm³/mol. The number of nitrogens with zero attached hydrogens (tertiary/aromatic N) is 1. The van der Waals surface area contributed by atoms with Gasteiger partial charge in [0, 0.05) is 57.1 Å². The zero-order valence-corrected chi connectivity index (χ0v) is 32.0. The molecule has 4 saturated carbocycles. The quantitative estimate of drug-likeness (QED) is 0.132. The third-order valence-corrected chi connectivity index (χ3v) is 16.8. The van der Waals surface area contributed by atoms with Crippen LogP contribution in [0.4, 0.5) is 0 Å². The predicted octanol–water partition coefficient (Wildman–Crippen LogP) is 1.44. The Morgan fingerprint density at radius 3 is 2.65 bits per heavy atom. The summed E-state index contributed by atoms with van der Waals surface area (Å²) in [5, 5.41) is 63.6. The molecule has 10 aliphatic rings. The van der Waals surface area contributed by atoms with Gasteiger partial charge in [0.2, 0.25) is 5.91 Å². The Morgan fingerprint density at radius 1 is 1.06 bits per heavy atom. The zero-order valence-electron chi connectivity index (χ0n) is 32.0. The number of aliphatic hydroxyl groups excluding tert-OH is 3. The molecule has 0 aromatic carbocycles. The zero-order chi connectivity index (χ0) is 38.0. The number of fused-ring (bicyclic) bond motifs is 3. The molecular weight excluding hydrogens is 692 g/mol. The van der Waals surface area contributed by atoms with Crippen LogP contribution in [-0.4, -0.2) is 130 Å². The molecule has 1 amide bonds. The van der Waals surface area contributed by atoms with Gasteiger partial charge in [-0.2, -0.15) is 0 Å². The minimum absolute atomic E-state index is 0.00176. The van der Waals surface area contributed by atoms with E-state index in [1.54, 1.807) is 25.0 Å². The molecule has 0 radical (unpaired) electrons. The average molecular weight is 753 g/mol. The molecule has 8 bridgehead atoms. The van der Waals surface area contributed by atoms with Crippen LogP contribution in [0.3, 0.4) is 0 Å². The normalized spacial score (nSPS) is 53.1. The van der Waals surface area contributed by atoms with Crippen LogP contribution in [0.2, 0.25) is 0 Å². The van der Waals surface area contributed by atoms with Crippen LogP contribution < -0.4 is 5.32 Å². The van der Waals surface area contributed by atoms with Crippen molar-refractivity contribution in [3.8, 4) is 11.8 Å². The van der Waals surface area contributed by atoms with E-state index in [1.807, 2.05) is 0 Å².